The third kappa shape index (κ3) is 2.74. The van der Waals surface area contributed by atoms with Crippen LogP contribution in [0.3, 0.4) is 0 Å². The molecule has 0 bridgehead atoms. The molecule has 0 saturated heterocycles. The van der Waals surface area contributed by atoms with Gasteiger partial charge in [-0.2, -0.15) is 4.68 Å². The summed E-state index contributed by atoms with van der Waals surface area (Å²) < 4.78 is 20.3. The fourth-order valence-corrected chi connectivity index (χ4v) is 2.26. The van der Waals surface area contributed by atoms with Gasteiger partial charge in [-0.05, 0) is 18.2 Å². The van der Waals surface area contributed by atoms with E-state index in [1.165, 1.54) is 6.07 Å². The lowest BCUT2D eigenvalue weighted by atomic mass is 10.2. The van der Waals surface area contributed by atoms with Gasteiger partial charge in [-0.15, -0.1) is 11.5 Å². The van der Waals surface area contributed by atoms with Crippen molar-refractivity contribution in [3.05, 3.63) is 57.6 Å². The number of ether oxygens (including phenoxy) is 1. The van der Waals surface area contributed by atoms with Crippen molar-refractivity contribution in [2.75, 3.05) is 6.61 Å². The molecule has 2 aromatic carbocycles. The summed E-state index contributed by atoms with van der Waals surface area (Å²) in [6.07, 6.45) is 5.12. The highest BCUT2D eigenvalue weighted by molar-refractivity contribution is 6.32. The molecule has 5 nitrogen and oxygen atoms in total. The van der Waals surface area contributed by atoms with Crippen LogP contribution in [0, 0.1) is 18.2 Å². The van der Waals surface area contributed by atoms with Gasteiger partial charge >= 0.3 is 0 Å². The van der Waals surface area contributed by atoms with E-state index >= 15 is 0 Å². The summed E-state index contributed by atoms with van der Waals surface area (Å²) in [4.78, 5) is 12.5. The van der Waals surface area contributed by atoms with Crippen LogP contribution in [0.5, 0.6) is 5.75 Å². The standard InChI is InChI=1S/C16H9ClFN3O2/c1-2-7-23-15-9-14(12(18)8-11(15)17)21-16(22)10-5-3-4-6-13(10)19-20-21/h1,3-6,8-9H,7H2. The lowest BCUT2D eigenvalue weighted by molar-refractivity contribution is 0.369. The Bertz CT molecular complexity index is 995. The number of fused-ring (bicyclic) bond motifs is 1. The van der Waals surface area contributed by atoms with Crippen LogP contribution in [0.2, 0.25) is 5.02 Å². The first-order chi connectivity index (χ1) is 11.1. The Morgan fingerprint density at radius 3 is 2.91 bits per heavy atom. The van der Waals surface area contributed by atoms with Crippen molar-refractivity contribution < 1.29 is 9.13 Å². The largest absolute Gasteiger partial charge is 0.479 e. The van der Waals surface area contributed by atoms with E-state index in [9.17, 15) is 9.18 Å². The third-order valence-corrected chi connectivity index (χ3v) is 3.40. The predicted octanol–water partition coefficient (Wildman–Crippen LogP) is 2.59. The summed E-state index contributed by atoms with van der Waals surface area (Å²) >= 11 is 5.90. The number of aromatic nitrogens is 3. The molecule has 0 radical (unpaired) electrons. The smallest absolute Gasteiger partial charge is 0.282 e. The molecule has 7 heteroatoms. The van der Waals surface area contributed by atoms with Gasteiger partial charge in [-0.25, -0.2) is 4.39 Å². The Hall–Kier alpha value is -2.91. The van der Waals surface area contributed by atoms with Gasteiger partial charge in [0.25, 0.3) is 5.56 Å². The SMILES string of the molecule is C#CCOc1cc(-n2nnc3ccccc3c2=O)c(F)cc1Cl. The van der Waals surface area contributed by atoms with E-state index in [0.717, 1.165) is 10.7 Å². The molecule has 0 N–H and O–H groups in total. The van der Waals surface area contributed by atoms with Crippen LogP contribution in [0.4, 0.5) is 4.39 Å². The monoisotopic (exact) mass is 329 g/mol. The van der Waals surface area contributed by atoms with Crippen molar-refractivity contribution in [1.29, 1.82) is 0 Å². The van der Waals surface area contributed by atoms with Crippen LogP contribution in [0.1, 0.15) is 0 Å². The van der Waals surface area contributed by atoms with E-state index < -0.39 is 11.4 Å². The summed E-state index contributed by atoms with van der Waals surface area (Å²) in [7, 11) is 0. The van der Waals surface area contributed by atoms with Gasteiger partial charge in [-0.1, -0.05) is 34.9 Å². The Labute approximate surface area is 135 Å². The van der Waals surface area contributed by atoms with Crippen LogP contribution in [-0.4, -0.2) is 21.6 Å². The van der Waals surface area contributed by atoms with Crippen LogP contribution in [-0.2, 0) is 0 Å². The zero-order chi connectivity index (χ0) is 16.4. The molecule has 0 fully saturated rings. The van der Waals surface area contributed by atoms with Crippen LogP contribution < -0.4 is 10.3 Å². The first kappa shape index (κ1) is 15.0. The van der Waals surface area contributed by atoms with Crippen LogP contribution in [0.15, 0.2) is 41.2 Å². The van der Waals surface area contributed by atoms with E-state index in [1.54, 1.807) is 24.3 Å². The van der Waals surface area contributed by atoms with Crippen molar-refractivity contribution in [2.45, 2.75) is 0 Å². The molecule has 3 aromatic rings. The second kappa shape index (κ2) is 6.07. The van der Waals surface area contributed by atoms with Crippen LogP contribution in [0.25, 0.3) is 16.6 Å². The highest BCUT2D eigenvalue weighted by Crippen LogP contribution is 2.29. The Kier molecular flexibility index (Phi) is 3.96. The van der Waals surface area contributed by atoms with E-state index in [-0.39, 0.29) is 23.1 Å². The molecule has 23 heavy (non-hydrogen) atoms. The van der Waals surface area contributed by atoms with Crippen molar-refractivity contribution in [1.82, 2.24) is 15.0 Å². The normalized spacial score (nSPS) is 10.5. The minimum absolute atomic E-state index is 0.0386. The Balaban J connectivity index is 2.20. The second-order valence-corrected chi connectivity index (χ2v) is 4.96. The molecule has 0 saturated carbocycles. The van der Waals surface area contributed by atoms with E-state index in [4.69, 9.17) is 22.8 Å². The Morgan fingerprint density at radius 1 is 1.35 bits per heavy atom. The number of terminal acetylenes is 1. The predicted molar refractivity (Wildman–Crippen MR) is 84.4 cm³/mol. The molecular formula is C16H9ClFN3O2. The quantitative estimate of drug-likeness (QED) is 0.693. The summed E-state index contributed by atoms with van der Waals surface area (Å²) in [5.74, 6) is 1.71. The van der Waals surface area contributed by atoms with Crippen molar-refractivity contribution in [3.63, 3.8) is 0 Å². The molecule has 0 aliphatic heterocycles. The number of benzene rings is 2. The number of hydrogen-bond acceptors (Lipinski definition) is 4. The van der Waals surface area contributed by atoms with Gasteiger partial charge < -0.3 is 4.74 Å². The molecule has 0 atom stereocenters. The molecule has 0 aliphatic rings. The highest BCUT2D eigenvalue weighted by atomic mass is 35.5. The van der Waals surface area contributed by atoms with Gasteiger partial charge in [-0.3, -0.25) is 4.79 Å². The van der Waals surface area contributed by atoms with Gasteiger partial charge in [0.15, 0.2) is 5.82 Å². The lowest BCUT2D eigenvalue weighted by Crippen LogP contribution is -2.23. The minimum atomic E-state index is -0.727. The molecule has 1 heterocycles. The first-order valence-corrected chi connectivity index (χ1v) is 6.90. The second-order valence-electron chi connectivity index (χ2n) is 4.55. The third-order valence-electron chi connectivity index (χ3n) is 3.11. The van der Waals surface area contributed by atoms with Crippen LogP contribution >= 0.6 is 11.6 Å². The van der Waals surface area contributed by atoms with E-state index in [2.05, 4.69) is 16.2 Å². The maximum Gasteiger partial charge on any atom is 0.282 e. The lowest BCUT2D eigenvalue weighted by Gasteiger charge is -2.10. The minimum Gasteiger partial charge on any atom is -0.479 e. The number of rotatable bonds is 3. The molecule has 114 valence electrons. The number of hydrogen-bond donors (Lipinski definition) is 0. The molecule has 1 aromatic heterocycles. The molecule has 0 unspecified atom stereocenters. The average molecular weight is 330 g/mol. The van der Waals surface area contributed by atoms with Crippen molar-refractivity contribution >= 4 is 22.5 Å². The Morgan fingerprint density at radius 2 is 2.13 bits per heavy atom. The summed E-state index contributed by atoms with van der Waals surface area (Å²) in [5, 5.41) is 8.04. The fourth-order valence-electron chi connectivity index (χ4n) is 2.06. The summed E-state index contributed by atoms with van der Waals surface area (Å²) in [5.41, 5.74) is -0.198. The number of nitrogens with zero attached hydrogens (tertiary/aromatic N) is 3. The molecule has 0 spiro atoms. The van der Waals surface area contributed by atoms with Gasteiger partial charge in [0, 0.05) is 6.07 Å². The van der Waals surface area contributed by atoms with E-state index in [1.807, 2.05) is 0 Å². The van der Waals surface area contributed by atoms with Crippen molar-refractivity contribution in [3.8, 4) is 23.8 Å². The zero-order valence-corrected chi connectivity index (χ0v) is 12.4. The average Bonchev–Trinajstić information content (AvgIpc) is 2.55. The maximum absolute atomic E-state index is 14.2. The highest BCUT2D eigenvalue weighted by Gasteiger charge is 2.15. The zero-order valence-electron chi connectivity index (χ0n) is 11.7. The van der Waals surface area contributed by atoms with Crippen molar-refractivity contribution in [2.24, 2.45) is 0 Å². The van der Waals surface area contributed by atoms with E-state index in [0.29, 0.717) is 10.9 Å². The molecular weight excluding hydrogens is 321 g/mol. The molecule has 0 aliphatic carbocycles. The fraction of sp³-hybridized carbons (Fsp3) is 0.0625. The summed E-state index contributed by atoms with van der Waals surface area (Å²) in [6, 6.07) is 8.96. The number of halogens is 2. The van der Waals surface area contributed by atoms with Gasteiger partial charge in [0.2, 0.25) is 0 Å². The van der Waals surface area contributed by atoms with Gasteiger partial charge in [0.1, 0.15) is 23.6 Å². The summed E-state index contributed by atoms with van der Waals surface area (Å²) in [6.45, 7) is -0.0386. The molecule has 0 amide bonds. The topological polar surface area (TPSA) is 57.0 Å². The van der Waals surface area contributed by atoms with Gasteiger partial charge in [0.05, 0.1) is 10.4 Å². The maximum atomic E-state index is 14.2. The molecule has 3 rings (SSSR count). The first-order valence-electron chi connectivity index (χ1n) is 6.52.